The maximum Gasteiger partial charge on any atom is 0.416 e. The molecule has 0 bridgehead atoms. The molecular weight excluding hydrogens is 440 g/mol. The molecular formula is C17H13F6N3O3S. The topological polar surface area (TPSA) is 71.5 Å². The van der Waals surface area contributed by atoms with Gasteiger partial charge in [0.05, 0.1) is 30.5 Å². The Morgan fingerprint density at radius 3 is 2.23 bits per heavy atom. The number of carbonyl (C=O) groups excluding carboxylic acids is 2. The van der Waals surface area contributed by atoms with E-state index in [1.807, 2.05) is 0 Å². The molecule has 0 saturated heterocycles. The van der Waals surface area contributed by atoms with Gasteiger partial charge in [0.25, 0.3) is 5.91 Å². The number of methoxy groups -OCH3 is 1. The van der Waals surface area contributed by atoms with E-state index in [2.05, 4.69) is 15.0 Å². The van der Waals surface area contributed by atoms with E-state index in [1.165, 1.54) is 0 Å². The van der Waals surface area contributed by atoms with Crippen LogP contribution in [0.1, 0.15) is 32.1 Å². The molecule has 1 aliphatic heterocycles. The number of aromatic nitrogens is 1. The van der Waals surface area contributed by atoms with Crippen LogP contribution < -0.4 is 5.32 Å². The number of benzene rings is 1. The normalized spacial score (nSPS) is 14.3. The van der Waals surface area contributed by atoms with E-state index in [0.717, 1.165) is 23.3 Å². The summed E-state index contributed by atoms with van der Waals surface area (Å²) < 4.78 is 82.6. The number of hydrogen-bond donors (Lipinski definition) is 1. The van der Waals surface area contributed by atoms with Crippen molar-refractivity contribution in [2.75, 3.05) is 19.0 Å². The molecule has 3 rings (SSSR count). The molecule has 1 N–H and O–H groups in total. The smallest absolute Gasteiger partial charge is 0.416 e. The summed E-state index contributed by atoms with van der Waals surface area (Å²) >= 11 is 1.03. The minimum atomic E-state index is -5.04. The zero-order valence-corrected chi connectivity index (χ0v) is 16.0. The molecule has 0 spiro atoms. The molecule has 0 fully saturated rings. The van der Waals surface area contributed by atoms with Gasteiger partial charge in [-0.2, -0.15) is 26.3 Å². The summed E-state index contributed by atoms with van der Waals surface area (Å²) in [6.07, 6.45) is -10.6. The first kappa shape index (κ1) is 21.9. The molecule has 30 heavy (non-hydrogen) atoms. The summed E-state index contributed by atoms with van der Waals surface area (Å²) in [6.45, 7) is -0.0168. The summed E-state index contributed by atoms with van der Waals surface area (Å²) in [7, 11) is 1.16. The third kappa shape index (κ3) is 4.66. The molecule has 2 amide bonds. The molecule has 2 heterocycles. The van der Waals surface area contributed by atoms with Crippen molar-refractivity contribution >= 4 is 28.5 Å². The number of carbonyl (C=O) groups is 2. The highest BCUT2D eigenvalue weighted by molar-refractivity contribution is 7.15. The SMILES string of the molecule is COC(=O)Nc1nc2c(s1)CN(C(=O)c1cc(C(F)(F)F)cc(C(F)(F)F)c1)CC2. The lowest BCUT2D eigenvalue weighted by atomic mass is 10.0. The van der Waals surface area contributed by atoms with Gasteiger partial charge in [-0.25, -0.2) is 9.78 Å². The van der Waals surface area contributed by atoms with Crippen LogP contribution in [-0.4, -0.2) is 35.5 Å². The van der Waals surface area contributed by atoms with Crippen LogP contribution in [0.25, 0.3) is 0 Å². The van der Waals surface area contributed by atoms with Crippen LogP contribution in [0.15, 0.2) is 18.2 Å². The average Bonchev–Trinajstić information content (AvgIpc) is 3.06. The van der Waals surface area contributed by atoms with Crippen molar-refractivity contribution in [3.63, 3.8) is 0 Å². The average molecular weight is 453 g/mol. The molecule has 13 heteroatoms. The highest BCUT2D eigenvalue weighted by atomic mass is 32.1. The van der Waals surface area contributed by atoms with Crippen molar-refractivity contribution in [1.82, 2.24) is 9.88 Å². The quantitative estimate of drug-likeness (QED) is 0.677. The number of thiazole rings is 1. The second-order valence-corrected chi connectivity index (χ2v) is 7.36. The summed E-state index contributed by atoms with van der Waals surface area (Å²) in [4.78, 5) is 29.8. The molecule has 2 aromatic rings. The Labute approximate surface area is 169 Å². The molecule has 1 aliphatic rings. The Morgan fingerprint density at radius 1 is 1.10 bits per heavy atom. The fourth-order valence-electron chi connectivity index (χ4n) is 2.82. The van der Waals surface area contributed by atoms with E-state index in [4.69, 9.17) is 0 Å². The summed E-state index contributed by atoms with van der Waals surface area (Å²) in [5.74, 6) is -0.965. The van der Waals surface area contributed by atoms with E-state index >= 15 is 0 Å². The van der Waals surface area contributed by atoms with Crippen LogP contribution in [0, 0.1) is 0 Å². The molecule has 1 aromatic carbocycles. The van der Waals surface area contributed by atoms with Crippen molar-refractivity contribution < 1.29 is 40.7 Å². The number of halogens is 6. The van der Waals surface area contributed by atoms with E-state index in [9.17, 15) is 35.9 Å². The van der Waals surface area contributed by atoms with Crippen LogP contribution in [0.4, 0.5) is 36.3 Å². The van der Waals surface area contributed by atoms with Gasteiger partial charge in [0.2, 0.25) is 0 Å². The number of amides is 2. The minimum absolute atomic E-state index is 0.0287. The monoisotopic (exact) mass is 453 g/mol. The molecule has 0 atom stereocenters. The van der Waals surface area contributed by atoms with Crippen LogP contribution >= 0.6 is 11.3 Å². The van der Waals surface area contributed by atoms with Gasteiger partial charge in [0.15, 0.2) is 5.13 Å². The fraction of sp³-hybridized carbons (Fsp3) is 0.353. The highest BCUT2D eigenvalue weighted by Crippen LogP contribution is 2.37. The summed E-state index contributed by atoms with van der Waals surface area (Å²) in [6, 6.07) is 0.785. The lowest BCUT2D eigenvalue weighted by Crippen LogP contribution is -2.35. The largest absolute Gasteiger partial charge is 0.453 e. The Bertz CT molecular complexity index is 954. The number of ether oxygens (including phenoxy) is 1. The number of nitrogens with zero attached hydrogens (tertiary/aromatic N) is 2. The number of nitrogens with one attached hydrogen (secondary N) is 1. The first-order valence-corrected chi connectivity index (χ1v) is 9.12. The predicted molar refractivity (Wildman–Crippen MR) is 93.0 cm³/mol. The van der Waals surface area contributed by atoms with Gasteiger partial charge in [-0.3, -0.25) is 10.1 Å². The second kappa shape index (κ2) is 7.78. The number of rotatable bonds is 2. The van der Waals surface area contributed by atoms with Crippen molar-refractivity contribution in [2.45, 2.75) is 25.3 Å². The number of hydrogen-bond acceptors (Lipinski definition) is 5. The zero-order chi connectivity index (χ0) is 22.3. The molecule has 6 nitrogen and oxygen atoms in total. The molecule has 162 valence electrons. The van der Waals surface area contributed by atoms with Crippen molar-refractivity contribution in [2.24, 2.45) is 0 Å². The first-order chi connectivity index (χ1) is 13.9. The van der Waals surface area contributed by atoms with E-state index in [1.54, 1.807) is 0 Å². The van der Waals surface area contributed by atoms with Gasteiger partial charge in [-0.05, 0) is 18.2 Å². The molecule has 0 aliphatic carbocycles. The Kier molecular flexibility index (Phi) is 5.67. The van der Waals surface area contributed by atoms with Gasteiger partial charge >= 0.3 is 18.4 Å². The molecule has 1 aromatic heterocycles. The van der Waals surface area contributed by atoms with Gasteiger partial charge in [0.1, 0.15) is 0 Å². The summed E-state index contributed by atoms with van der Waals surface area (Å²) in [5, 5.41) is 2.57. The Hall–Kier alpha value is -2.83. The predicted octanol–water partition coefficient (Wildman–Crippen LogP) is 4.56. The van der Waals surface area contributed by atoms with Crippen LogP contribution in [-0.2, 0) is 30.1 Å². The molecule has 0 saturated carbocycles. The highest BCUT2D eigenvalue weighted by Gasteiger charge is 2.38. The van der Waals surface area contributed by atoms with Gasteiger partial charge in [-0.1, -0.05) is 11.3 Å². The minimum Gasteiger partial charge on any atom is -0.453 e. The number of fused-ring (bicyclic) bond motifs is 1. The van der Waals surface area contributed by atoms with Gasteiger partial charge in [0, 0.05) is 23.4 Å². The van der Waals surface area contributed by atoms with E-state index in [-0.39, 0.29) is 30.7 Å². The second-order valence-electron chi connectivity index (χ2n) is 6.28. The first-order valence-electron chi connectivity index (χ1n) is 8.31. The van der Waals surface area contributed by atoms with Crippen molar-refractivity contribution in [3.05, 3.63) is 45.5 Å². The molecule has 0 radical (unpaired) electrons. The lowest BCUT2D eigenvalue weighted by Gasteiger charge is -2.26. The van der Waals surface area contributed by atoms with Gasteiger partial charge in [-0.15, -0.1) is 0 Å². The third-order valence-electron chi connectivity index (χ3n) is 4.25. The van der Waals surface area contributed by atoms with E-state index < -0.39 is 41.0 Å². The standard InChI is InChI=1S/C17H13F6N3O3S/c1-29-15(28)25-14-24-11-2-3-26(7-12(11)30-14)13(27)8-4-9(16(18,19)20)6-10(5-8)17(21,22)23/h4-6H,2-3,7H2,1H3,(H,24,25,28). The third-order valence-corrected chi connectivity index (χ3v) is 5.25. The molecule has 0 unspecified atom stereocenters. The maximum atomic E-state index is 13.0. The van der Waals surface area contributed by atoms with Crippen LogP contribution in [0.5, 0.6) is 0 Å². The lowest BCUT2D eigenvalue weighted by molar-refractivity contribution is -0.143. The van der Waals surface area contributed by atoms with Gasteiger partial charge < -0.3 is 9.64 Å². The number of alkyl halides is 6. The van der Waals surface area contributed by atoms with Crippen LogP contribution in [0.3, 0.4) is 0 Å². The Balaban J connectivity index is 1.88. The fourth-order valence-corrected chi connectivity index (χ4v) is 3.83. The zero-order valence-electron chi connectivity index (χ0n) is 15.1. The maximum absolute atomic E-state index is 13.0. The van der Waals surface area contributed by atoms with E-state index in [0.29, 0.717) is 22.7 Å². The Morgan fingerprint density at radius 2 is 1.70 bits per heavy atom. The van der Waals surface area contributed by atoms with Crippen molar-refractivity contribution in [3.8, 4) is 0 Å². The summed E-state index contributed by atoms with van der Waals surface area (Å²) in [5.41, 5.74) is -3.24. The number of anilines is 1. The van der Waals surface area contributed by atoms with Crippen molar-refractivity contribution in [1.29, 1.82) is 0 Å². The van der Waals surface area contributed by atoms with Crippen LogP contribution in [0.2, 0.25) is 0 Å².